The molecule has 1 atom stereocenters. The Morgan fingerprint density at radius 1 is 1.32 bits per heavy atom. The van der Waals surface area contributed by atoms with Gasteiger partial charge in [0.15, 0.2) is 11.5 Å². The molecule has 0 heterocycles. The number of methoxy groups -OCH3 is 3. The molecule has 0 amide bonds. The van der Waals surface area contributed by atoms with E-state index in [4.69, 9.17) is 25.1 Å². The molecular weight excluding hydrogens is 318 g/mol. The van der Waals surface area contributed by atoms with Crippen LogP contribution in [0.1, 0.15) is 18.0 Å². The molecule has 7 heteroatoms. The molecule has 1 rings (SSSR count). The Morgan fingerprint density at radius 2 is 1.89 bits per heavy atom. The number of hydrogen-bond acceptors (Lipinski definition) is 5. The van der Waals surface area contributed by atoms with Crippen LogP contribution in [0, 0.1) is 0 Å². The smallest absolute Gasteiger partial charge is 0.305 e. The zero-order valence-electron chi connectivity index (χ0n) is 10.9. The number of carbonyl (C=O) groups is 1. The van der Waals surface area contributed by atoms with Crippen molar-refractivity contribution in [2.75, 3.05) is 21.3 Å². The summed E-state index contributed by atoms with van der Waals surface area (Å²) in [6.45, 7) is 0. The van der Waals surface area contributed by atoms with Gasteiger partial charge in [-0.1, -0.05) is 0 Å². The lowest BCUT2D eigenvalue weighted by Crippen LogP contribution is -2.17. The number of carboxylic acid groups (broad SMARTS) is 1. The van der Waals surface area contributed by atoms with Crippen molar-refractivity contribution in [1.29, 1.82) is 0 Å². The summed E-state index contributed by atoms with van der Waals surface area (Å²) in [5, 5.41) is 8.86. The van der Waals surface area contributed by atoms with Crippen LogP contribution in [0.4, 0.5) is 0 Å². The fraction of sp³-hybridized carbons (Fsp3) is 0.417. The highest BCUT2D eigenvalue weighted by atomic mass is 79.9. The van der Waals surface area contributed by atoms with Crippen molar-refractivity contribution in [3.63, 3.8) is 0 Å². The van der Waals surface area contributed by atoms with Crippen LogP contribution in [0.15, 0.2) is 10.5 Å². The molecule has 0 radical (unpaired) electrons. The van der Waals surface area contributed by atoms with E-state index in [9.17, 15) is 4.79 Å². The molecule has 0 aromatic heterocycles. The van der Waals surface area contributed by atoms with Gasteiger partial charge in [0.1, 0.15) is 5.75 Å². The minimum absolute atomic E-state index is 0.244. The Hall–Kier alpha value is -1.47. The molecule has 19 heavy (non-hydrogen) atoms. The van der Waals surface area contributed by atoms with Gasteiger partial charge in [-0.3, -0.25) is 4.79 Å². The van der Waals surface area contributed by atoms with E-state index in [0.717, 1.165) is 0 Å². The first-order chi connectivity index (χ1) is 8.96. The Morgan fingerprint density at radius 3 is 2.32 bits per heavy atom. The number of ether oxygens (including phenoxy) is 3. The lowest BCUT2D eigenvalue weighted by Gasteiger charge is -2.21. The fourth-order valence-corrected chi connectivity index (χ4v) is 2.39. The van der Waals surface area contributed by atoms with E-state index in [1.165, 1.54) is 21.3 Å². The lowest BCUT2D eigenvalue weighted by atomic mass is 10.0. The Labute approximate surface area is 119 Å². The van der Waals surface area contributed by atoms with Gasteiger partial charge < -0.3 is 25.1 Å². The molecule has 1 aromatic rings. The fourth-order valence-electron chi connectivity index (χ4n) is 1.81. The Balaban J connectivity index is 3.46. The third-order valence-corrected chi connectivity index (χ3v) is 3.17. The summed E-state index contributed by atoms with van der Waals surface area (Å²) in [6.07, 6.45) is -0.244. The van der Waals surface area contributed by atoms with Gasteiger partial charge in [-0.05, 0) is 15.9 Å². The molecule has 3 N–H and O–H groups in total. The summed E-state index contributed by atoms with van der Waals surface area (Å²) < 4.78 is 16.3. The first-order valence-electron chi connectivity index (χ1n) is 5.41. The zero-order chi connectivity index (χ0) is 14.6. The average Bonchev–Trinajstić information content (AvgIpc) is 2.36. The van der Waals surface area contributed by atoms with E-state index in [1.807, 2.05) is 0 Å². The van der Waals surface area contributed by atoms with Gasteiger partial charge in [-0.25, -0.2) is 0 Å². The molecule has 0 aliphatic heterocycles. The second-order valence-corrected chi connectivity index (χ2v) is 4.60. The molecule has 106 valence electrons. The molecule has 6 nitrogen and oxygen atoms in total. The van der Waals surface area contributed by atoms with Gasteiger partial charge in [0, 0.05) is 12.1 Å². The number of carboxylic acids is 1. The van der Waals surface area contributed by atoms with Gasteiger partial charge in [0.25, 0.3) is 0 Å². The number of nitrogens with two attached hydrogens (primary N) is 1. The maximum Gasteiger partial charge on any atom is 0.305 e. The number of halogens is 1. The molecule has 0 saturated carbocycles. The first-order valence-corrected chi connectivity index (χ1v) is 6.21. The van der Waals surface area contributed by atoms with Crippen molar-refractivity contribution in [1.82, 2.24) is 0 Å². The summed E-state index contributed by atoms with van der Waals surface area (Å²) >= 11 is 3.33. The highest BCUT2D eigenvalue weighted by molar-refractivity contribution is 9.10. The second-order valence-electron chi connectivity index (χ2n) is 3.75. The highest BCUT2D eigenvalue weighted by Gasteiger charge is 2.25. The first kappa shape index (κ1) is 15.6. The highest BCUT2D eigenvalue weighted by Crippen LogP contribution is 2.45. The third kappa shape index (κ3) is 3.30. The second kappa shape index (κ2) is 6.63. The maximum absolute atomic E-state index is 10.8. The monoisotopic (exact) mass is 333 g/mol. The Kier molecular flexibility index (Phi) is 5.44. The number of rotatable bonds is 6. The van der Waals surface area contributed by atoms with E-state index >= 15 is 0 Å². The van der Waals surface area contributed by atoms with E-state index in [2.05, 4.69) is 15.9 Å². The predicted octanol–water partition coefficient (Wildman–Crippen LogP) is 1.95. The molecule has 0 aliphatic rings. The van der Waals surface area contributed by atoms with Crippen LogP contribution in [-0.2, 0) is 4.79 Å². The maximum atomic E-state index is 10.8. The third-order valence-electron chi connectivity index (χ3n) is 2.58. The molecule has 1 aromatic carbocycles. The minimum atomic E-state index is -1.00. The van der Waals surface area contributed by atoms with E-state index < -0.39 is 12.0 Å². The van der Waals surface area contributed by atoms with Gasteiger partial charge in [-0.15, -0.1) is 0 Å². The van der Waals surface area contributed by atoms with Crippen LogP contribution < -0.4 is 19.9 Å². The van der Waals surface area contributed by atoms with Gasteiger partial charge in [-0.2, -0.15) is 0 Å². The van der Waals surface area contributed by atoms with Crippen LogP contribution in [0.25, 0.3) is 0 Å². The number of aliphatic carboxylic acids is 1. The molecule has 0 spiro atoms. The van der Waals surface area contributed by atoms with E-state index in [0.29, 0.717) is 27.3 Å². The van der Waals surface area contributed by atoms with Crippen molar-refractivity contribution in [3.8, 4) is 17.2 Å². The Bertz CT molecular complexity index is 478. The van der Waals surface area contributed by atoms with E-state index in [-0.39, 0.29) is 6.42 Å². The molecule has 1 unspecified atom stereocenters. The van der Waals surface area contributed by atoms with Crippen molar-refractivity contribution in [3.05, 3.63) is 16.1 Å². The average molecular weight is 334 g/mol. The van der Waals surface area contributed by atoms with Crippen LogP contribution in [0.3, 0.4) is 0 Å². The minimum Gasteiger partial charge on any atom is -0.495 e. The lowest BCUT2D eigenvalue weighted by molar-refractivity contribution is -0.137. The van der Waals surface area contributed by atoms with Crippen LogP contribution in [0.5, 0.6) is 17.2 Å². The molecular formula is C12H16BrNO5. The number of hydrogen-bond donors (Lipinski definition) is 2. The number of benzene rings is 1. The summed E-state index contributed by atoms with van der Waals surface area (Å²) in [4.78, 5) is 10.8. The molecule has 0 bridgehead atoms. The van der Waals surface area contributed by atoms with Gasteiger partial charge >= 0.3 is 5.97 Å². The summed E-state index contributed by atoms with van der Waals surface area (Å²) in [5.41, 5.74) is 6.38. The molecule has 0 saturated heterocycles. The SMILES string of the molecule is COc1cc(Br)c(OC)c(C(N)CC(=O)O)c1OC. The summed E-state index contributed by atoms with van der Waals surface area (Å²) in [5.74, 6) is 0.254. The van der Waals surface area contributed by atoms with E-state index in [1.54, 1.807) is 6.07 Å². The predicted molar refractivity (Wildman–Crippen MR) is 73.0 cm³/mol. The summed E-state index contributed by atoms with van der Waals surface area (Å²) in [6, 6.07) is 0.906. The van der Waals surface area contributed by atoms with Crippen molar-refractivity contribution >= 4 is 21.9 Å². The summed E-state index contributed by atoms with van der Waals surface area (Å²) in [7, 11) is 4.43. The quantitative estimate of drug-likeness (QED) is 0.826. The normalized spacial score (nSPS) is 11.8. The van der Waals surface area contributed by atoms with Crippen molar-refractivity contribution in [2.45, 2.75) is 12.5 Å². The van der Waals surface area contributed by atoms with Crippen LogP contribution in [-0.4, -0.2) is 32.4 Å². The van der Waals surface area contributed by atoms with Crippen LogP contribution >= 0.6 is 15.9 Å². The molecule has 0 fully saturated rings. The zero-order valence-corrected chi connectivity index (χ0v) is 12.5. The van der Waals surface area contributed by atoms with Crippen LogP contribution in [0.2, 0.25) is 0 Å². The topological polar surface area (TPSA) is 91.0 Å². The van der Waals surface area contributed by atoms with Gasteiger partial charge in [0.2, 0.25) is 0 Å². The standard InChI is InChI=1S/C12H16BrNO5/c1-17-8-4-6(13)11(18-2)10(12(8)19-3)7(14)5-9(15)16/h4,7H,5,14H2,1-3H3,(H,15,16). The molecule has 0 aliphatic carbocycles. The van der Waals surface area contributed by atoms with Gasteiger partial charge in [0.05, 0.1) is 37.8 Å². The van der Waals surface area contributed by atoms with Crippen molar-refractivity contribution in [2.24, 2.45) is 5.73 Å². The van der Waals surface area contributed by atoms with Crippen molar-refractivity contribution < 1.29 is 24.1 Å². The largest absolute Gasteiger partial charge is 0.495 e.